The van der Waals surface area contributed by atoms with Gasteiger partial charge in [0.25, 0.3) is 11.8 Å². The van der Waals surface area contributed by atoms with E-state index in [1.54, 1.807) is 22.7 Å². The Kier molecular flexibility index (Phi) is 6.66. The number of hydrogen-bond acceptors (Lipinski definition) is 4. The summed E-state index contributed by atoms with van der Waals surface area (Å²) in [4.78, 5) is 29.2. The maximum Gasteiger partial charge on any atom is 0.252 e. The Balaban J connectivity index is 1.25. The molecule has 0 bridgehead atoms. The van der Waals surface area contributed by atoms with E-state index < -0.39 is 0 Å². The molecule has 6 heteroatoms. The highest BCUT2D eigenvalue weighted by Crippen LogP contribution is 2.46. The molecule has 0 saturated heterocycles. The largest absolute Gasteiger partial charge is 0.351 e. The van der Waals surface area contributed by atoms with E-state index in [1.807, 2.05) is 0 Å². The molecule has 1 saturated carbocycles. The van der Waals surface area contributed by atoms with E-state index in [0.717, 1.165) is 56.1 Å². The molecule has 2 aromatic rings. The van der Waals surface area contributed by atoms with Gasteiger partial charge in [-0.15, -0.1) is 22.7 Å². The Morgan fingerprint density at radius 1 is 0.853 bits per heavy atom. The van der Waals surface area contributed by atoms with Crippen molar-refractivity contribution >= 4 is 34.5 Å². The maximum absolute atomic E-state index is 13.3. The third kappa shape index (κ3) is 4.99. The van der Waals surface area contributed by atoms with Crippen LogP contribution in [0.3, 0.4) is 0 Å². The van der Waals surface area contributed by atoms with Gasteiger partial charge in [-0.05, 0) is 92.6 Å². The SMILES string of the molecule is CC1(C)C[C@@H](NC(=O)c2csc3c2CCCC3)C[C@@](C)(CNC(=O)c2csc3c2CCCC3)C1. The van der Waals surface area contributed by atoms with Gasteiger partial charge in [0.05, 0.1) is 11.1 Å². The van der Waals surface area contributed by atoms with Gasteiger partial charge in [-0.25, -0.2) is 0 Å². The van der Waals surface area contributed by atoms with Gasteiger partial charge < -0.3 is 10.6 Å². The molecule has 3 aliphatic carbocycles. The summed E-state index contributed by atoms with van der Waals surface area (Å²) in [6.07, 6.45) is 12.1. The first-order valence-electron chi connectivity index (χ1n) is 13.0. The molecule has 0 radical (unpaired) electrons. The van der Waals surface area contributed by atoms with E-state index in [-0.39, 0.29) is 28.7 Å². The zero-order valence-corrected chi connectivity index (χ0v) is 22.5. The molecular weight excluding hydrogens is 460 g/mol. The number of hydrogen-bond donors (Lipinski definition) is 2. The summed E-state index contributed by atoms with van der Waals surface area (Å²) < 4.78 is 0. The molecule has 3 aliphatic rings. The number of carbonyl (C=O) groups excluding carboxylic acids is 2. The topological polar surface area (TPSA) is 58.2 Å². The molecule has 2 heterocycles. The van der Waals surface area contributed by atoms with E-state index in [4.69, 9.17) is 0 Å². The molecule has 34 heavy (non-hydrogen) atoms. The monoisotopic (exact) mass is 498 g/mol. The van der Waals surface area contributed by atoms with Crippen molar-refractivity contribution in [1.29, 1.82) is 0 Å². The quantitative estimate of drug-likeness (QED) is 0.507. The number of carbonyl (C=O) groups is 2. The summed E-state index contributed by atoms with van der Waals surface area (Å²) in [6, 6.07) is 0.131. The molecular formula is C28H38N2O2S2. The normalized spacial score (nSPS) is 25.8. The lowest BCUT2D eigenvalue weighted by atomic mass is 9.62. The lowest BCUT2D eigenvalue weighted by molar-refractivity contribution is 0.0591. The van der Waals surface area contributed by atoms with Crippen LogP contribution >= 0.6 is 22.7 Å². The molecule has 0 aliphatic heterocycles. The van der Waals surface area contributed by atoms with Crippen LogP contribution < -0.4 is 10.6 Å². The average molecular weight is 499 g/mol. The van der Waals surface area contributed by atoms with Crippen molar-refractivity contribution in [2.75, 3.05) is 6.54 Å². The standard InChI is InChI=1S/C28H38N2O2S2/c1-27(2)12-18(30-26(32)22-15-34-24-11-7-5-9-20(22)24)13-28(3,16-27)17-29-25(31)21-14-33-23-10-6-4-8-19(21)23/h14-15,18H,4-13,16-17H2,1-3H3,(H,29,31)(H,30,32)/t18-,28-/m1/s1. The molecule has 184 valence electrons. The Morgan fingerprint density at radius 3 is 2.03 bits per heavy atom. The fraction of sp³-hybridized carbons (Fsp3) is 0.643. The number of rotatable bonds is 5. The first-order chi connectivity index (χ1) is 16.2. The van der Waals surface area contributed by atoms with Crippen LogP contribution in [-0.4, -0.2) is 24.4 Å². The number of amides is 2. The van der Waals surface area contributed by atoms with Crippen molar-refractivity contribution in [2.45, 2.75) is 97.4 Å². The minimum atomic E-state index is -0.0421. The molecule has 4 nitrogen and oxygen atoms in total. The molecule has 5 rings (SSSR count). The summed E-state index contributed by atoms with van der Waals surface area (Å²) in [5.74, 6) is 0.174. The van der Waals surface area contributed by atoms with Gasteiger partial charge in [0, 0.05) is 33.1 Å². The summed E-state index contributed by atoms with van der Waals surface area (Å²) in [5.41, 5.74) is 4.45. The van der Waals surface area contributed by atoms with Gasteiger partial charge in [-0.1, -0.05) is 20.8 Å². The average Bonchev–Trinajstić information content (AvgIpc) is 3.41. The zero-order valence-electron chi connectivity index (χ0n) is 20.9. The van der Waals surface area contributed by atoms with Gasteiger partial charge in [0.15, 0.2) is 0 Å². The van der Waals surface area contributed by atoms with Gasteiger partial charge in [-0.2, -0.15) is 0 Å². The fourth-order valence-corrected chi connectivity index (χ4v) is 9.14. The highest BCUT2D eigenvalue weighted by molar-refractivity contribution is 7.10. The number of nitrogens with one attached hydrogen (secondary N) is 2. The van der Waals surface area contributed by atoms with E-state index >= 15 is 0 Å². The first-order valence-corrected chi connectivity index (χ1v) is 14.8. The Bertz CT molecular complexity index is 1080. The van der Waals surface area contributed by atoms with E-state index in [1.165, 1.54) is 46.6 Å². The van der Waals surface area contributed by atoms with Crippen molar-refractivity contribution in [3.8, 4) is 0 Å². The molecule has 0 aromatic carbocycles. The molecule has 2 aromatic heterocycles. The molecule has 2 N–H and O–H groups in total. The number of aryl methyl sites for hydroxylation is 2. The summed E-state index contributed by atoms with van der Waals surface area (Å²) >= 11 is 3.50. The zero-order chi connectivity index (χ0) is 23.9. The Hall–Kier alpha value is -1.66. The Labute approximate surface area is 211 Å². The van der Waals surface area contributed by atoms with Gasteiger partial charge >= 0.3 is 0 Å². The van der Waals surface area contributed by atoms with Gasteiger partial charge in [-0.3, -0.25) is 9.59 Å². The lowest BCUT2D eigenvalue weighted by Crippen LogP contribution is -2.50. The third-order valence-electron chi connectivity index (χ3n) is 8.07. The molecule has 0 spiro atoms. The van der Waals surface area contributed by atoms with Crippen molar-refractivity contribution in [3.63, 3.8) is 0 Å². The minimum Gasteiger partial charge on any atom is -0.351 e. The van der Waals surface area contributed by atoms with Crippen LogP contribution in [0.15, 0.2) is 10.8 Å². The second-order valence-electron chi connectivity index (χ2n) is 11.9. The molecule has 2 amide bonds. The van der Waals surface area contributed by atoms with Gasteiger partial charge in [0.1, 0.15) is 0 Å². The van der Waals surface area contributed by atoms with Crippen LogP contribution in [0.2, 0.25) is 0 Å². The highest BCUT2D eigenvalue weighted by atomic mass is 32.1. The van der Waals surface area contributed by atoms with Crippen molar-refractivity contribution in [2.24, 2.45) is 10.8 Å². The number of thiophene rings is 2. The predicted octanol–water partition coefficient (Wildman–Crippen LogP) is 6.31. The van der Waals surface area contributed by atoms with Crippen molar-refractivity contribution in [3.05, 3.63) is 42.8 Å². The second kappa shape index (κ2) is 9.42. The first kappa shape index (κ1) is 24.1. The maximum atomic E-state index is 13.3. The summed E-state index contributed by atoms with van der Waals surface area (Å²) in [5, 5.41) is 10.8. The van der Waals surface area contributed by atoms with Crippen LogP contribution in [0.25, 0.3) is 0 Å². The van der Waals surface area contributed by atoms with Crippen LogP contribution in [0, 0.1) is 10.8 Å². The minimum absolute atomic E-state index is 0.0421. The van der Waals surface area contributed by atoms with E-state index in [0.29, 0.717) is 6.54 Å². The summed E-state index contributed by atoms with van der Waals surface area (Å²) in [7, 11) is 0. The summed E-state index contributed by atoms with van der Waals surface area (Å²) in [6.45, 7) is 7.53. The van der Waals surface area contributed by atoms with Crippen LogP contribution in [-0.2, 0) is 25.7 Å². The van der Waals surface area contributed by atoms with Crippen LogP contribution in [0.4, 0.5) is 0 Å². The molecule has 0 unspecified atom stereocenters. The lowest BCUT2D eigenvalue weighted by Gasteiger charge is -2.47. The number of fused-ring (bicyclic) bond motifs is 2. The molecule has 1 fully saturated rings. The second-order valence-corrected chi connectivity index (χ2v) is 13.9. The van der Waals surface area contributed by atoms with Crippen LogP contribution in [0.1, 0.15) is 107 Å². The highest BCUT2D eigenvalue weighted by Gasteiger charge is 2.42. The van der Waals surface area contributed by atoms with E-state index in [2.05, 4.69) is 42.2 Å². The van der Waals surface area contributed by atoms with Crippen LogP contribution in [0.5, 0.6) is 0 Å². The molecule has 2 atom stereocenters. The smallest absolute Gasteiger partial charge is 0.252 e. The third-order valence-corrected chi connectivity index (χ3v) is 10.2. The van der Waals surface area contributed by atoms with E-state index in [9.17, 15) is 9.59 Å². The fourth-order valence-electron chi connectivity index (χ4n) is 6.89. The van der Waals surface area contributed by atoms with Crippen molar-refractivity contribution in [1.82, 2.24) is 10.6 Å². The Morgan fingerprint density at radius 2 is 1.41 bits per heavy atom. The predicted molar refractivity (Wildman–Crippen MR) is 141 cm³/mol. The van der Waals surface area contributed by atoms with Crippen molar-refractivity contribution < 1.29 is 9.59 Å². The van der Waals surface area contributed by atoms with Gasteiger partial charge in [0.2, 0.25) is 0 Å².